The van der Waals surface area contributed by atoms with Gasteiger partial charge in [0.1, 0.15) is 6.33 Å². The Morgan fingerprint density at radius 1 is 1.14 bits per heavy atom. The second kappa shape index (κ2) is 7.93. The van der Waals surface area contributed by atoms with Crippen molar-refractivity contribution < 1.29 is 4.92 Å². The molecule has 0 aliphatic carbocycles. The van der Waals surface area contributed by atoms with E-state index in [1.54, 1.807) is 18.2 Å². The molecule has 0 amide bonds. The van der Waals surface area contributed by atoms with E-state index >= 15 is 0 Å². The van der Waals surface area contributed by atoms with Gasteiger partial charge in [0.25, 0.3) is 0 Å². The highest BCUT2D eigenvalue weighted by Crippen LogP contribution is 2.37. The average molecular weight is 439 g/mol. The van der Waals surface area contributed by atoms with Crippen LogP contribution in [0.4, 0.5) is 23.0 Å². The first-order valence-corrected chi connectivity index (χ1v) is 9.99. The molecule has 0 unspecified atom stereocenters. The highest BCUT2D eigenvalue weighted by atomic mass is 35.5. The minimum atomic E-state index is -0.500. The highest BCUT2D eigenvalue weighted by Gasteiger charge is 2.38. The maximum atomic E-state index is 11.9. The van der Waals surface area contributed by atoms with Gasteiger partial charge in [0.05, 0.1) is 20.7 Å². The zero-order valence-corrected chi connectivity index (χ0v) is 18.2. The van der Waals surface area contributed by atoms with E-state index < -0.39 is 4.92 Å². The standard InChI is InChI=1S/C19H24Cl2N6O2/c1-18(2)8-11(9-19(3,4)26-18)24-16-15(27(28)29)17(23-10-22-16)25-13-7-5-6-12(20)14(13)21/h5-7,10-11,26H,8-9H2,1-4H3,(H2,22,23,24,25). The highest BCUT2D eigenvalue weighted by molar-refractivity contribution is 6.43. The van der Waals surface area contributed by atoms with E-state index in [0.29, 0.717) is 10.7 Å². The zero-order valence-electron chi connectivity index (χ0n) is 16.7. The third-order valence-electron chi connectivity index (χ3n) is 4.74. The summed E-state index contributed by atoms with van der Waals surface area (Å²) in [5, 5.41) is 22.2. The molecule has 156 valence electrons. The fourth-order valence-electron chi connectivity index (χ4n) is 4.09. The molecule has 2 heterocycles. The number of halogens is 2. The molecule has 1 aliphatic heterocycles. The monoisotopic (exact) mass is 438 g/mol. The Balaban J connectivity index is 1.93. The van der Waals surface area contributed by atoms with Crippen LogP contribution >= 0.6 is 23.2 Å². The molecule has 1 aromatic heterocycles. The summed E-state index contributed by atoms with van der Waals surface area (Å²) >= 11 is 12.2. The van der Waals surface area contributed by atoms with Crippen LogP contribution in [-0.2, 0) is 0 Å². The second-order valence-corrected chi connectivity index (χ2v) is 9.33. The van der Waals surface area contributed by atoms with E-state index in [4.69, 9.17) is 23.2 Å². The predicted octanol–water partition coefficient (Wildman–Crippen LogP) is 5.16. The molecule has 1 aliphatic rings. The van der Waals surface area contributed by atoms with Gasteiger partial charge in [-0.3, -0.25) is 10.1 Å². The number of anilines is 3. The fourth-order valence-corrected chi connectivity index (χ4v) is 4.44. The zero-order chi connectivity index (χ0) is 21.4. The Morgan fingerprint density at radius 2 is 1.76 bits per heavy atom. The van der Waals surface area contributed by atoms with E-state index in [1.165, 1.54) is 6.33 Å². The lowest BCUT2D eigenvalue weighted by molar-refractivity contribution is -0.383. The molecule has 0 saturated carbocycles. The van der Waals surface area contributed by atoms with Crippen molar-refractivity contribution in [3.8, 4) is 0 Å². The molecular weight excluding hydrogens is 415 g/mol. The Morgan fingerprint density at radius 3 is 2.38 bits per heavy atom. The molecule has 1 aromatic carbocycles. The first-order valence-electron chi connectivity index (χ1n) is 9.24. The second-order valence-electron chi connectivity index (χ2n) is 8.55. The van der Waals surface area contributed by atoms with Crippen molar-refractivity contribution >= 4 is 46.2 Å². The van der Waals surface area contributed by atoms with Gasteiger partial charge in [-0.05, 0) is 52.7 Å². The van der Waals surface area contributed by atoms with Crippen molar-refractivity contribution in [3.63, 3.8) is 0 Å². The van der Waals surface area contributed by atoms with Gasteiger partial charge in [-0.2, -0.15) is 0 Å². The molecule has 0 radical (unpaired) electrons. The number of rotatable bonds is 5. The number of benzene rings is 1. The van der Waals surface area contributed by atoms with Crippen molar-refractivity contribution in [2.75, 3.05) is 10.6 Å². The summed E-state index contributed by atoms with van der Waals surface area (Å²) in [5.41, 5.74) is -0.0403. The van der Waals surface area contributed by atoms with Crippen LogP contribution in [0.25, 0.3) is 0 Å². The van der Waals surface area contributed by atoms with Gasteiger partial charge in [0, 0.05) is 17.1 Å². The minimum Gasteiger partial charge on any atom is -0.361 e. The Labute approximate surface area is 179 Å². The molecule has 1 saturated heterocycles. The van der Waals surface area contributed by atoms with Crippen LogP contribution in [0.15, 0.2) is 24.5 Å². The molecule has 2 aromatic rings. The lowest BCUT2D eigenvalue weighted by Crippen LogP contribution is -2.60. The Kier molecular flexibility index (Phi) is 5.89. The number of aromatic nitrogens is 2. The third kappa shape index (κ3) is 5.07. The van der Waals surface area contributed by atoms with Crippen molar-refractivity contribution in [1.29, 1.82) is 0 Å². The average Bonchev–Trinajstić information content (AvgIpc) is 2.56. The van der Waals surface area contributed by atoms with Gasteiger partial charge < -0.3 is 16.0 Å². The summed E-state index contributed by atoms with van der Waals surface area (Å²) < 4.78 is 0. The minimum absolute atomic E-state index is 0.0115. The summed E-state index contributed by atoms with van der Waals surface area (Å²) in [6.45, 7) is 8.46. The van der Waals surface area contributed by atoms with Crippen molar-refractivity contribution in [2.24, 2.45) is 0 Å². The van der Waals surface area contributed by atoms with Crippen LogP contribution in [0.1, 0.15) is 40.5 Å². The van der Waals surface area contributed by atoms with Gasteiger partial charge in [-0.15, -0.1) is 0 Å². The molecule has 1 fully saturated rings. The topological polar surface area (TPSA) is 105 Å². The third-order valence-corrected chi connectivity index (χ3v) is 5.56. The van der Waals surface area contributed by atoms with Crippen molar-refractivity contribution in [1.82, 2.24) is 15.3 Å². The van der Waals surface area contributed by atoms with Gasteiger partial charge in [0.2, 0.25) is 11.6 Å². The number of nitro groups is 1. The first kappa shape index (κ1) is 21.5. The molecule has 8 nitrogen and oxygen atoms in total. The van der Waals surface area contributed by atoms with Gasteiger partial charge >= 0.3 is 5.69 Å². The largest absolute Gasteiger partial charge is 0.361 e. The van der Waals surface area contributed by atoms with E-state index in [9.17, 15) is 10.1 Å². The predicted molar refractivity (Wildman–Crippen MR) is 116 cm³/mol. The lowest BCUT2D eigenvalue weighted by atomic mass is 9.79. The number of nitrogens with zero attached hydrogens (tertiary/aromatic N) is 3. The lowest BCUT2D eigenvalue weighted by Gasteiger charge is -2.46. The molecule has 29 heavy (non-hydrogen) atoms. The Hall–Kier alpha value is -2.16. The van der Waals surface area contributed by atoms with Crippen molar-refractivity contribution in [3.05, 3.63) is 44.7 Å². The van der Waals surface area contributed by atoms with Gasteiger partial charge in [0.15, 0.2) is 0 Å². The maximum Gasteiger partial charge on any atom is 0.353 e. The quantitative estimate of drug-likeness (QED) is 0.437. The fraction of sp³-hybridized carbons (Fsp3) is 0.474. The van der Waals surface area contributed by atoms with E-state index in [-0.39, 0.29) is 39.5 Å². The smallest absolute Gasteiger partial charge is 0.353 e. The van der Waals surface area contributed by atoms with Crippen LogP contribution in [0.5, 0.6) is 0 Å². The van der Waals surface area contributed by atoms with Crippen LogP contribution in [0.3, 0.4) is 0 Å². The molecular formula is C19H24Cl2N6O2. The van der Waals surface area contributed by atoms with Crippen LogP contribution in [-0.4, -0.2) is 32.0 Å². The normalized spacial score (nSPS) is 18.3. The molecule has 3 N–H and O–H groups in total. The number of hydrogen-bond donors (Lipinski definition) is 3. The summed E-state index contributed by atoms with van der Waals surface area (Å²) in [6, 6.07) is 5.02. The number of hydrogen-bond acceptors (Lipinski definition) is 7. The van der Waals surface area contributed by atoms with Crippen LogP contribution in [0, 0.1) is 10.1 Å². The maximum absolute atomic E-state index is 11.9. The summed E-state index contributed by atoms with van der Waals surface area (Å²) in [6.07, 6.45) is 2.87. The summed E-state index contributed by atoms with van der Waals surface area (Å²) in [4.78, 5) is 19.6. The first-order chi connectivity index (χ1) is 13.5. The van der Waals surface area contributed by atoms with Gasteiger partial charge in [-0.25, -0.2) is 9.97 Å². The summed E-state index contributed by atoms with van der Waals surface area (Å²) in [5.74, 6) is 0.216. The van der Waals surface area contributed by atoms with Crippen LogP contribution in [0.2, 0.25) is 10.0 Å². The molecule has 0 spiro atoms. The number of nitrogens with one attached hydrogen (secondary N) is 3. The molecule has 10 heteroatoms. The molecule has 0 bridgehead atoms. The van der Waals surface area contributed by atoms with Crippen molar-refractivity contribution in [2.45, 2.75) is 57.7 Å². The molecule has 0 atom stereocenters. The number of piperidine rings is 1. The van der Waals surface area contributed by atoms with E-state index in [0.717, 1.165) is 12.8 Å². The Bertz CT molecular complexity index is 919. The van der Waals surface area contributed by atoms with E-state index in [2.05, 4.69) is 53.6 Å². The SMILES string of the molecule is CC1(C)CC(Nc2ncnc(Nc3cccc(Cl)c3Cl)c2[N+](=O)[O-])CC(C)(C)N1. The molecule has 3 rings (SSSR count). The summed E-state index contributed by atoms with van der Waals surface area (Å²) in [7, 11) is 0. The van der Waals surface area contributed by atoms with Gasteiger partial charge in [-0.1, -0.05) is 29.3 Å². The van der Waals surface area contributed by atoms with E-state index in [1.807, 2.05) is 0 Å². The van der Waals surface area contributed by atoms with Crippen LogP contribution < -0.4 is 16.0 Å².